The number of carbonyl (C=O) groups is 1. The van der Waals surface area contributed by atoms with E-state index >= 15 is 0 Å². The predicted molar refractivity (Wildman–Crippen MR) is 110 cm³/mol. The van der Waals surface area contributed by atoms with Crippen LogP contribution in [-0.4, -0.2) is 32.5 Å². The van der Waals surface area contributed by atoms with E-state index in [2.05, 4.69) is 10.2 Å². The molecule has 0 aliphatic rings. The molecule has 0 bridgehead atoms. The molecule has 0 amide bonds. The van der Waals surface area contributed by atoms with Crippen LogP contribution in [0, 0.1) is 20.8 Å². The SMILES string of the molecule is COc1ccc(/C=C/C(=O)c2cnn(C)c2C)cc1Cn1nc(C)c(Cl)c1C. The van der Waals surface area contributed by atoms with Gasteiger partial charge in [0.15, 0.2) is 5.78 Å². The van der Waals surface area contributed by atoms with Crippen LogP contribution >= 0.6 is 11.6 Å². The lowest BCUT2D eigenvalue weighted by molar-refractivity contribution is 0.104. The van der Waals surface area contributed by atoms with E-state index < -0.39 is 0 Å². The van der Waals surface area contributed by atoms with Crippen molar-refractivity contribution in [2.75, 3.05) is 7.11 Å². The Labute approximate surface area is 169 Å². The summed E-state index contributed by atoms with van der Waals surface area (Å²) in [5.74, 6) is 0.684. The molecular weight excluding hydrogens is 376 g/mol. The summed E-state index contributed by atoms with van der Waals surface area (Å²) in [5.41, 5.74) is 5.00. The predicted octanol–water partition coefficient (Wildman–Crippen LogP) is 4.15. The Morgan fingerprint density at radius 1 is 1.25 bits per heavy atom. The quantitative estimate of drug-likeness (QED) is 0.462. The van der Waals surface area contributed by atoms with Crippen LogP contribution in [0.5, 0.6) is 5.75 Å². The normalized spacial score (nSPS) is 11.4. The molecule has 0 aliphatic carbocycles. The second-order valence-electron chi connectivity index (χ2n) is 6.68. The van der Waals surface area contributed by atoms with E-state index in [0.29, 0.717) is 17.1 Å². The van der Waals surface area contributed by atoms with Crippen molar-refractivity contribution in [3.05, 3.63) is 69.3 Å². The fourth-order valence-electron chi connectivity index (χ4n) is 3.02. The van der Waals surface area contributed by atoms with E-state index in [0.717, 1.165) is 34.0 Å². The van der Waals surface area contributed by atoms with Gasteiger partial charge < -0.3 is 4.74 Å². The molecule has 28 heavy (non-hydrogen) atoms. The van der Waals surface area contributed by atoms with E-state index in [1.54, 1.807) is 30.1 Å². The maximum atomic E-state index is 12.4. The van der Waals surface area contributed by atoms with Gasteiger partial charge in [-0.1, -0.05) is 23.7 Å². The molecule has 0 atom stereocenters. The number of aromatic nitrogens is 4. The average Bonchev–Trinajstić information content (AvgIpc) is 3.14. The fraction of sp³-hybridized carbons (Fsp3) is 0.286. The van der Waals surface area contributed by atoms with Gasteiger partial charge in [0.1, 0.15) is 5.75 Å². The summed E-state index contributed by atoms with van der Waals surface area (Å²) >= 11 is 6.26. The van der Waals surface area contributed by atoms with Crippen LogP contribution in [0.4, 0.5) is 0 Å². The highest BCUT2D eigenvalue weighted by Gasteiger charge is 2.13. The summed E-state index contributed by atoms with van der Waals surface area (Å²) in [4.78, 5) is 12.4. The topological polar surface area (TPSA) is 61.9 Å². The molecule has 0 fully saturated rings. The molecule has 0 spiro atoms. The molecule has 0 aliphatic heterocycles. The minimum absolute atomic E-state index is 0.0757. The number of ether oxygens (including phenoxy) is 1. The second-order valence-corrected chi connectivity index (χ2v) is 7.06. The standard InChI is InChI=1S/C21H23ClN4O2/c1-13-21(22)15(3)26(24-13)12-17-10-16(7-9-20(17)28-5)6-8-19(27)18-11-23-25(4)14(18)2/h6-11H,12H2,1-5H3/b8-6+. The zero-order valence-electron chi connectivity index (χ0n) is 16.7. The van der Waals surface area contributed by atoms with Gasteiger partial charge in [-0.2, -0.15) is 10.2 Å². The Bertz CT molecular complexity index is 1060. The summed E-state index contributed by atoms with van der Waals surface area (Å²) in [6.45, 7) is 6.22. The van der Waals surface area contributed by atoms with Crippen LogP contribution < -0.4 is 4.74 Å². The maximum Gasteiger partial charge on any atom is 0.189 e. The first-order valence-corrected chi connectivity index (χ1v) is 9.27. The first kappa shape index (κ1) is 19.9. The first-order valence-electron chi connectivity index (χ1n) is 8.89. The molecule has 146 valence electrons. The highest BCUT2D eigenvalue weighted by molar-refractivity contribution is 6.31. The van der Waals surface area contributed by atoms with E-state index in [9.17, 15) is 4.79 Å². The van der Waals surface area contributed by atoms with Crippen LogP contribution in [0.1, 0.15) is 38.6 Å². The Hall–Kier alpha value is -2.86. The minimum Gasteiger partial charge on any atom is -0.496 e. The molecule has 2 heterocycles. The van der Waals surface area contributed by atoms with Gasteiger partial charge in [0, 0.05) is 18.3 Å². The number of hydrogen-bond donors (Lipinski definition) is 0. The van der Waals surface area contributed by atoms with Gasteiger partial charge >= 0.3 is 0 Å². The average molecular weight is 399 g/mol. The largest absolute Gasteiger partial charge is 0.496 e. The van der Waals surface area contributed by atoms with Gasteiger partial charge in [-0.25, -0.2) is 0 Å². The summed E-state index contributed by atoms with van der Waals surface area (Å²) in [6, 6.07) is 5.79. The Kier molecular flexibility index (Phi) is 5.70. The molecule has 0 saturated heterocycles. The smallest absolute Gasteiger partial charge is 0.189 e. The van der Waals surface area contributed by atoms with Gasteiger partial charge in [-0.3, -0.25) is 14.2 Å². The summed E-state index contributed by atoms with van der Waals surface area (Å²) in [5, 5.41) is 9.28. The summed E-state index contributed by atoms with van der Waals surface area (Å²) in [6.07, 6.45) is 4.95. The van der Waals surface area contributed by atoms with Crippen molar-refractivity contribution in [1.29, 1.82) is 0 Å². The summed E-state index contributed by atoms with van der Waals surface area (Å²) in [7, 11) is 3.45. The van der Waals surface area contributed by atoms with Crippen molar-refractivity contribution in [3.8, 4) is 5.75 Å². The van der Waals surface area contributed by atoms with Gasteiger partial charge in [-0.15, -0.1) is 0 Å². The van der Waals surface area contributed by atoms with Crippen molar-refractivity contribution < 1.29 is 9.53 Å². The number of carbonyl (C=O) groups excluding carboxylic acids is 1. The molecular formula is C21H23ClN4O2. The van der Waals surface area contributed by atoms with Crippen molar-refractivity contribution >= 4 is 23.5 Å². The molecule has 1 aromatic carbocycles. The Morgan fingerprint density at radius 3 is 2.57 bits per heavy atom. The minimum atomic E-state index is -0.0757. The van der Waals surface area contributed by atoms with Crippen LogP contribution in [0.15, 0.2) is 30.5 Å². The Balaban J connectivity index is 1.87. The Morgan fingerprint density at radius 2 is 2.00 bits per heavy atom. The molecule has 0 saturated carbocycles. The van der Waals surface area contributed by atoms with E-state index in [1.807, 2.05) is 50.7 Å². The molecule has 3 rings (SSSR count). The van der Waals surface area contributed by atoms with Crippen molar-refractivity contribution in [2.24, 2.45) is 7.05 Å². The summed E-state index contributed by atoms with van der Waals surface area (Å²) < 4.78 is 9.03. The molecule has 0 radical (unpaired) electrons. The van der Waals surface area contributed by atoms with Crippen molar-refractivity contribution in [3.63, 3.8) is 0 Å². The lowest BCUT2D eigenvalue weighted by atomic mass is 10.1. The molecule has 3 aromatic rings. The van der Waals surface area contributed by atoms with Crippen LogP contribution in [-0.2, 0) is 13.6 Å². The fourth-order valence-corrected chi connectivity index (χ4v) is 3.15. The van der Waals surface area contributed by atoms with E-state index in [1.165, 1.54) is 0 Å². The molecule has 0 N–H and O–H groups in total. The number of methoxy groups -OCH3 is 1. The highest BCUT2D eigenvalue weighted by atomic mass is 35.5. The number of hydrogen-bond acceptors (Lipinski definition) is 4. The molecule has 6 nitrogen and oxygen atoms in total. The third-order valence-corrected chi connectivity index (χ3v) is 5.39. The maximum absolute atomic E-state index is 12.4. The van der Waals surface area contributed by atoms with Crippen molar-refractivity contribution in [2.45, 2.75) is 27.3 Å². The molecule has 2 aromatic heterocycles. The zero-order valence-corrected chi connectivity index (χ0v) is 17.4. The third kappa shape index (κ3) is 3.87. The van der Waals surface area contributed by atoms with Gasteiger partial charge in [-0.05, 0) is 44.5 Å². The highest BCUT2D eigenvalue weighted by Crippen LogP contribution is 2.25. The van der Waals surface area contributed by atoms with E-state index in [4.69, 9.17) is 16.3 Å². The monoisotopic (exact) mass is 398 g/mol. The second kappa shape index (κ2) is 8.02. The third-order valence-electron chi connectivity index (χ3n) is 4.85. The van der Waals surface area contributed by atoms with Crippen LogP contribution in [0.3, 0.4) is 0 Å². The van der Waals surface area contributed by atoms with E-state index in [-0.39, 0.29) is 5.78 Å². The number of aryl methyl sites for hydroxylation is 2. The van der Waals surface area contributed by atoms with Crippen LogP contribution in [0.2, 0.25) is 5.02 Å². The lowest BCUT2D eigenvalue weighted by Gasteiger charge is -2.11. The van der Waals surface area contributed by atoms with Gasteiger partial charge in [0.25, 0.3) is 0 Å². The number of benzene rings is 1. The van der Waals surface area contributed by atoms with Gasteiger partial charge in [0.05, 0.1) is 41.8 Å². The van der Waals surface area contributed by atoms with Crippen molar-refractivity contribution in [1.82, 2.24) is 19.6 Å². The first-order chi connectivity index (χ1) is 13.3. The molecule has 0 unspecified atom stereocenters. The lowest BCUT2D eigenvalue weighted by Crippen LogP contribution is -2.06. The van der Waals surface area contributed by atoms with Crippen LogP contribution in [0.25, 0.3) is 6.08 Å². The van der Waals surface area contributed by atoms with Gasteiger partial charge in [0.2, 0.25) is 0 Å². The number of allylic oxidation sites excluding steroid dienone is 1. The number of rotatable bonds is 6. The zero-order chi connectivity index (χ0) is 20.4. The number of nitrogens with zero attached hydrogens (tertiary/aromatic N) is 4. The number of halogens is 1. The molecule has 7 heteroatoms. The number of ketones is 1.